The number of hydrogen-bond donors (Lipinski definition) is 0. The minimum atomic E-state index is -0.467. The second-order valence-electron chi connectivity index (χ2n) is 8.07. The van der Waals surface area contributed by atoms with Crippen molar-refractivity contribution >= 4 is 29.5 Å². The van der Waals surface area contributed by atoms with Crippen LogP contribution in [0.1, 0.15) is 33.0 Å². The van der Waals surface area contributed by atoms with Gasteiger partial charge in [-0.15, -0.1) is 10.2 Å². The van der Waals surface area contributed by atoms with Crippen LogP contribution in [0.3, 0.4) is 0 Å². The predicted octanol–water partition coefficient (Wildman–Crippen LogP) is 4.40. The van der Waals surface area contributed by atoms with E-state index in [-0.39, 0.29) is 6.09 Å². The van der Waals surface area contributed by atoms with Crippen LogP contribution in [0.4, 0.5) is 4.79 Å². The minimum absolute atomic E-state index is 0.234. The summed E-state index contributed by atoms with van der Waals surface area (Å²) in [6, 6.07) is 7.35. The molecule has 1 aliphatic rings. The molecule has 1 aliphatic heterocycles. The summed E-state index contributed by atoms with van der Waals surface area (Å²) < 4.78 is 13.1. The third-order valence-corrected chi connectivity index (χ3v) is 6.07. The highest BCUT2D eigenvalue weighted by molar-refractivity contribution is 7.99. The van der Waals surface area contributed by atoms with Crippen molar-refractivity contribution in [1.82, 2.24) is 19.7 Å². The van der Waals surface area contributed by atoms with Gasteiger partial charge < -0.3 is 18.9 Å². The van der Waals surface area contributed by atoms with E-state index in [1.165, 1.54) is 0 Å². The van der Waals surface area contributed by atoms with Crippen LogP contribution >= 0.6 is 23.4 Å². The van der Waals surface area contributed by atoms with Gasteiger partial charge in [-0.1, -0.05) is 35.5 Å². The molecule has 2 heterocycles. The van der Waals surface area contributed by atoms with Gasteiger partial charge in [0, 0.05) is 25.9 Å². The average Bonchev–Trinajstić information content (AvgIpc) is 3.25. The molecule has 0 radical (unpaired) electrons. The molecular formula is C20H27ClN4O3S. The highest BCUT2D eigenvalue weighted by Crippen LogP contribution is 2.27. The number of carbonyl (C=O) groups is 1. The third kappa shape index (κ3) is 6.02. The number of aromatic nitrogens is 3. The number of ether oxygens (including phenoxy) is 2. The Bertz CT molecular complexity index is 852. The molecule has 0 spiro atoms. The fraction of sp³-hybridized carbons (Fsp3) is 0.550. The molecule has 7 nitrogen and oxygen atoms in total. The van der Waals surface area contributed by atoms with Gasteiger partial charge in [-0.3, -0.25) is 0 Å². The Hall–Kier alpha value is -1.93. The zero-order valence-corrected chi connectivity index (χ0v) is 18.8. The van der Waals surface area contributed by atoms with Crippen molar-refractivity contribution in [3.05, 3.63) is 35.1 Å². The fourth-order valence-electron chi connectivity index (χ4n) is 2.95. The lowest BCUT2D eigenvalue weighted by Gasteiger charge is -2.24. The summed E-state index contributed by atoms with van der Waals surface area (Å²) in [6.45, 7) is 7.39. The van der Waals surface area contributed by atoms with Gasteiger partial charge in [0.1, 0.15) is 18.0 Å². The maximum atomic E-state index is 12.2. The summed E-state index contributed by atoms with van der Waals surface area (Å²) >= 11 is 7.76. The maximum Gasteiger partial charge on any atom is 0.410 e. The molecule has 0 N–H and O–H groups in total. The SMILES string of the molecule is Cn1c(COc2ccccc2Cl)nnc1SC[C@H]1CCN(C(=O)OC(C)(C)C)C1. The van der Waals surface area contributed by atoms with E-state index in [1.54, 1.807) is 22.7 Å². The van der Waals surface area contributed by atoms with Gasteiger partial charge in [0.05, 0.1) is 5.02 Å². The molecule has 0 bridgehead atoms. The molecule has 9 heteroatoms. The van der Waals surface area contributed by atoms with Gasteiger partial charge in [0.15, 0.2) is 11.0 Å². The lowest BCUT2D eigenvalue weighted by Crippen LogP contribution is -2.35. The molecule has 0 unspecified atom stereocenters. The Morgan fingerprint density at radius 3 is 2.79 bits per heavy atom. The first-order chi connectivity index (χ1) is 13.7. The van der Waals surface area contributed by atoms with Gasteiger partial charge in [-0.2, -0.15) is 0 Å². The highest BCUT2D eigenvalue weighted by Gasteiger charge is 2.30. The van der Waals surface area contributed by atoms with Gasteiger partial charge in [-0.25, -0.2) is 4.79 Å². The number of likely N-dealkylation sites (tertiary alicyclic amines) is 1. The predicted molar refractivity (Wildman–Crippen MR) is 113 cm³/mol. The molecule has 158 valence electrons. The van der Waals surface area contributed by atoms with Gasteiger partial charge in [-0.05, 0) is 45.2 Å². The number of amides is 1. The van der Waals surface area contributed by atoms with Crippen LogP contribution in [-0.2, 0) is 18.4 Å². The lowest BCUT2D eigenvalue weighted by molar-refractivity contribution is 0.0289. The molecule has 1 saturated heterocycles. The van der Waals surface area contributed by atoms with E-state index >= 15 is 0 Å². The molecule has 1 atom stereocenters. The van der Waals surface area contributed by atoms with E-state index in [0.717, 1.165) is 29.7 Å². The number of halogens is 1. The van der Waals surface area contributed by atoms with Crippen LogP contribution in [0, 0.1) is 5.92 Å². The minimum Gasteiger partial charge on any atom is -0.484 e. The molecule has 29 heavy (non-hydrogen) atoms. The molecule has 1 aromatic heterocycles. The normalized spacial score (nSPS) is 16.9. The number of thioether (sulfide) groups is 1. The molecule has 2 aromatic rings. The van der Waals surface area contributed by atoms with Crippen LogP contribution < -0.4 is 4.74 Å². The van der Waals surface area contributed by atoms with E-state index in [4.69, 9.17) is 21.1 Å². The van der Waals surface area contributed by atoms with Crippen molar-refractivity contribution in [2.45, 2.75) is 44.6 Å². The van der Waals surface area contributed by atoms with Gasteiger partial charge in [0.2, 0.25) is 0 Å². The lowest BCUT2D eigenvalue weighted by atomic mass is 10.2. The van der Waals surface area contributed by atoms with Crippen LogP contribution in [0.2, 0.25) is 5.02 Å². The number of hydrogen-bond acceptors (Lipinski definition) is 6. The van der Waals surface area contributed by atoms with Crippen LogP contribution in [0.5, 0.6) is 5.75 Å². The Morgan fingerprint density at radius 2 is 2.07 bits per heavy atom. The summed E-state index contributed by atoms with van der Waals surface area (Å²) in [5.41, 5.74) is -0.467. The Kier molecular flexibility index (Phi) is 6.95. The maximum absolute atomic E-state index is 12.2. The first kappa shape index (κ1) is 21.8. The zero-order valence-electron chi connectivity index (χ0n) is 17.2. The van der Waals surface area contributed by atoms with Crippen molar-refractivity contribution in [2.24, 2.45) is 13.0 Å². The monoisotopic (exact) mass is 438 g/mol. The standard InChI is InChI=1S/C20H27ClN4O3S/c1-20(2,3)28-19(26)25-10-9-14(11-25)13-29-18-23-22-17(24(18)4)12-27-16-8-6-5-7-15(16)21/h5-8,14H,9-13H2,1-4H3/t14-/m0/s1. The molecule has 0 aliphatic carbocycles. The number of carbonyl (C=O) groups excluding carboxylic acids is 1. The number of benzene rings is 1. The van der Waals surface area contributed by atoms with Crippen molar-refractivity contribution in [2.75, 3.05) is 18.8 Å². The van der Waals surface area contributed by atoms with Crippen molar-refractivity contribution in [1.29, 1.82) is 0 Å². The topological polar surface area (TPSA) is 69.5 Å². The largest absolute Gasteiger partial charge is 0.484 e. The second-order valence-corrected chi connectivity index (χ2v) is 9.46. The first-order valence-electron chi connectivity index (χ1n) is 9.59. The van der Waals surface area contributed by atoms with Gasteiger partial charge >= 0.3 is 6.09 Å². The zero-order chi connectivity index (χ0) is 21.0. The summed E-state index contributed by atoms with van der Waals surface area (Å²) in [6.07, 6.45) is 0.731. The third-order valence-electron chi connectivity index (χ3n) is 4.50. The molecule has 1 aromatic carbocycles. The molecular weight excluding hydrogens is 412 g/mol. The van der Waals surface area contributed by atoms with Crippen LogP contribution in [0.15, 0.2) is 29.4 Å². The average molecular weight is 439 g/mol. The summed E-state index contributed by atoms with van der Waals surface area (Å²) in [4.78, 5) is 14.0. The summed E-state index contributed by atoms with van der Waals surface area (Å²) in [7, 11) is 1.93. The molecule has 1 amide bonds. The van der Waals surface area contributed by atoms with Crippen molar-refractivity contribution in [3.63, 3.8) is 0 Å². The summed E-state index contributed by atoms with van der Waals surface area (Å²) in [5, 5.41) is 9.90. The van der Waals surface area contributed by atoms with Crippen molar-refractivity contribution < 1.29 is 14.3 Å². The highest BCUT2D eigenvalue weighted by atomic mass is 35.5. The Morgan fingerprint density at radius 1 is 1.31 bits per heavy atom. The Labute approximate surface area is 180 Å². The quantitative estimate of drug-likeness (QED) is 0.622. The first-order valence-corrected chi connectivity index (χ1v) is 11.0. The van der Waals surface area contributed by atoms with E-state index in [2.05, 4.69) is 10.2 Å². The summed E-state index contributed by atoms with van der Waals surface area (Å²) in [5.74, 6) is 2.64. The Balaban J connectivity index is 1.48. The van der Waals surface area contributed by atoms with Crippen LogP contribution in [-0.4, -0.2) is 50.2 Å². The van der Waals surface area contributed by atoms with Crippen LogP contribution in [0.25, 0.3) is 0 Å². The number of para-hydroxylation sites is 1. The molecule has 3 rings (SSSR count). The van der Waals surface area contributed by atoms with E-state index in [9.17, 15) is 4.79 Å². The molecule has 1 fully saturated rings. The van der Waals surface area contributed by atoms with E-state index < -0.39 is 5.60 Å². The number of rotatable bonds is 6. The van der Waals surface area contributed by atoms with Crippen molar-refractivity contribution in [3.8, 4) is 5.75 Å². The molecule has 0 saturated carbocycles. The van der Waals surface area contributed by atoms with E-state index in [0.29, 0.717) is 29.8 Å². The van der Waals surface area contributed by atoms with Gasteiger partial charge in [0.25, 0.3) is 0 Å². The second kappa shape index (κ2) is 9.26. The fourth-order valence-corrected chi connectivity index (χ4v) is 4.20. The number of nitrogens with zero attached hydrogens (tertiary/aromatic N) is 4. The smallest absolute Gasteiger partial charge is 0.410 e. The van der Waals surface area contributed by atoms with E-state index in [1.807, 2.05) is 50.6 Å².